The van der Waals surface area contributed by atoms with E-state index in [1.165, 1.54) is 11.5 Å². The zero-order valence-corrected chi connectivity index (χ0v) is 4.35. The van der Waals surface area contributed by atoms with Gasteiger partial charge in [0.15, 0.2) is 0 Å². The molecule has 1 aliphatic rings. The number of furan rings is 1. The highest BCUT2D eigenvalue weighted by Gasteiger charge is 2.34. The van der Waals surface area contributed by atoms with Crippen molar-refractivity contribution in [2.45, 2.75) is 0 Å². The second-order valence-corrected chi connectivity index (χ2v) is 1.78. The van der Waals surface area contributed by atoms with Gasteiger partial charge in [0.25, 0.3) is 0 Å². The van der Waals surface area contributed by atoms with Crippen molar-refractivity contribution < 1.29 is 4.42 Å². The van der Waals surface area contributed by atoms with Gasteiger partial charge < -0.3 is 4.42 Å². The van der Waals surface area contributed by atoms with Crippen molar-refractivity contribution in [1.82, 2.24) is 0 Å². The average Bonchev–Trinajstić information content (AvgIpc) is 2.22. The lowest BCUT2D eigenvalue weighted by molar-refractivity contribution is 0.555. The van der Waals surface area contributed by atoms with Gasteiger partial charge in [-0.15, -0.1) is 6.58 Å². The third kappa shape index (κ3) is 0.280. The fourth-order valence-electron chi connectivity index (χ4n) is 0.863. The van der Waals surface area contributed by atoms with Crippen molar-refractivity contribution in [1.29, 1.82) is 0 Å². The Morgan fingerprint density at radius 3 is 2.88 bits per heavy atom. The molecule has 0 atom stereocenters. The Bertz CT molecular complexity index is 204. The van der Waals surface area contributed by atoms with Gasteiger partial charge >= 0.3 is 0 Å². The molecule has 1 aliphatic carbocycles. The van der Waals surface area contributed by atoms with Crippen LogP contribution < -0.4 is 0 Å². The van der Waals surface area contributed by atoms with Crippen molar-refractivity contribution in [2.75, 3.05) is 0 Å². The number of fused-ring (bicyclic) bond motifs is 1. The van der Waals surface area contributed by atoms with Crippen LogP contribution in [0.3, 0.4) is 0 Å². The SMILES string of the molecule is C=C[C]1c2ccoc21. The van der Waals surface area contributed by atoms with Gasteiger partial charge in [-0.25, -0.2) is 0 Å². The summed E-state index contributed by atoms with van der Waals surface area (Å²) < 4.78 is 5.02. The third-order valence-corrected chi connectivity index (χ3v) is 1.34. The molecule has 1 heteroatoms. The van der Waals surface area contributed by atoms with Gasteiger partial charge in [0.1, 0.15) is 5.76 Å². The summed E-state index contributed by atoms with van der Waals surface area (Å²) in [5, 5.41) is 0. The third-order valence-electron chi connectivity index (χ3n) is 1.34. The number of rotatable bonds is 1. The lowest BCUT2D eigenvalue weighted by Gasteiger charge is -1.76. The Kier molecular flexibility index (Phi) is 0.519. The molecule has 1 nitrogen and oxygen atoms in total. The zero-order valence-electron chi connectivity index (χ0n) is 4.35. The second-order valence-electron chi connectivity index (χ2n) is 1.78. The van der Waals surface area contributed by atoms with E-state index in [0.717, 1.165) is 5.76 Å². The van der Waals surface area contributed by atoms with E-state index in [-0.39, 0.29) is 0 Å². The Labute approximate surface area is 47.6 Å². The highest BCUT2D eigenvalue weighted by atomic mass is 16.3. The largest absolute Gasteiger partial charge is 0.468 e. The molecule has 0 N–H and O–H groups in total. The first-order chi connectivity index (χ1) is 3.93. The molecular formula is C7H5O. The van der Waals surface area contributed by atoms with Crippen molar-refractivity contribution in [3.05, 3.63) is 42.2 Å². The van der Waals surface area contributed by atoms with E-state index in [1.54, 1.807) is 6.26 Å². The fraction of sp³-hybridized carbons (Fsp3) is 0. The molecule has 1 radical (unpaired) electrons. The van der Waals surface area contributed by atoms with Crippen LogP contribution in [0.1, 0.15) is 11.3 Å². The molecule has 0 aromatic carbocycles. The van der Waals surface area contributed by atoms with E-state index >= 15 is 0 Å². The summed E-state index contributed by atoms with van der Waals surface area (Å²) >= 11 is 0. The van der Waals surface area contributed by atoms with Crippen LogP contribution in [0, 0.1) is 5.92 Å². The molecule has 0 aliphatic heterocycles. The minimum Gasteiger partial charge on any atom is -0.468 e. The summed E-state index contributed by atoms with van der Waals surface area (Å²) in [5.74, 6) is 2.19. The lowest BCUT2D eigenvalue weighted by atomic mass is 10.3. The van der Waals surface area contributed by atoms with Crippen LogP contribution in [-0.4, -0.2) is 0 Å². The van der Waals surface area contributed by atoms with Crippen molar-refractivity contribution in [3.63, 3.8) is 0 Å². The van der Waals surface area contributed by atoms with Gasteiger partial charge in [0.05, 0.1) is 12.2 Å². The Balaban J connectivity index is 2.42. The summed E-state index contributed by atoms with van der Waals surface area (Å²) in [7, 11) is 0. The first kappa shape index (κ1) is 3.96. The van der Waals surface area contributed by atoms with E-state index < -0.39 is 0 Å². The smallest absolute Gasteiger partial charge is 0.124 e. The summed E-state index contributed by atoms with van der Waals surface area (Å²) in [6, 6.07) is 1.95. The fourth-order valence-corrected chi connectivity index (χ4v) is 0.863. The highest BCUT2D eigenvalue weighted by molar-refractivity contribution is 5.66. The Morgan fingerprint density at radius 1 is 1.62 bits per heavy atom. The molecule has 1 aromatic heterocycles. The first-order valence-electron chi connectivity index (χ1n) is 2.51. The molecular weight excluding hydrogens is 100 g/mol. The first-order valence-corrected chi connectivity index (χ1v) is 2.51. The van der Waals surface area contributed by atoms with Crippen molar-refractivity contribution in [3.8, 4) is 0 Å². The van der Waals surface area contributed by atoms with Gasteiger partial charge in [0, 0.05) is 5.56 Å². The predicted octanol–water partition coefficient (Wildman–Crippen LogP) is 1.75. The minimum atomic E-state index is 1.01. The maximum Gasteiger partial charge on any atom is 0.124 e. The quantitative estimate of drug-likeness (QED) is 0.530. The van der Waals surface area contributed by atoms with Crippen LogP contribution in [0.4, 0.5) is 0 Å². The predicted molar refractivity (Wildman–Crippen MR) is 30.4 cm³/mol. The van der Waals surface area contributed by atoms with Gasteiger partial charge in [-0.05, 0) is 6.07 Å². The molecule has 0 saturated heterocycles. The van der Waals surface area contributed by atoms with E-state index in [0.29, 0.717) is 0 Å². The van der Waals surface area contributed by atoms with Gasteiger partial charge in [-0.3, -0.25) is 0 Å². The van der Waals surface area contributed by atoms with Crippen molar-refractivity contribution >= 4 is 0 Å². The summed E-state index contributed by atoms with van der Waals surface area (Å²) in [6.07, 6.45) is 3.51. The number of hydrogen-bond acceptors (Lipinski definition) is 1. The van der Waals surface area contributed by atoms with Crippen LogP contribution in [0.5, 0.6) is 0 Å². The van der Waals surface area contributed by atoms with Crippen LogP contribution >= 0.6 is 0 Å². The summed E-state index contributed by atoms with van der Waals surface area (Å²) in [4.78, 5) is 0. The molecule has 0 spiro atoms. The zero-order chi connectivity index (χ0) is 5.56. The molecule has 0 amide bonds. The molecule has 8 heavy (non-hydrogen) atoms. The molecule has 0 fully saturated rings. The van der Waals surface area contributed by atoms with Gasteiger partial charge in [0.2, 0.25) is 0 Å². The highest BCUT2D eigenvalue weighted by Crippen LogP contribution is 2.43. The molecule has 0 bridgehead atoms. The van der Waals surface area contributed by atoms with Gasteiger partial charge in [-0.1, -0.05) is 6.08 Å². The minimum absolute atomic E-state index is 1.01. The monoisotopic (exact) mass is 105 g/mol. The van der Waals surface area contributed by atoms with Crippen LogP contribution in [-0.2, 0) is 0 Å². The number of allylic oxidation sites excluding steroid dienone is 1. The second kappa shape index (κ2) is 1.05. The van der Waals surface area contributed by atoms with E-state index in [2.05, 4.69) is 6.58 Å². The van der Waals surface area contributed by atoms with Crippen molar-refractivity contribution in [2.24, 2.45) is 0 Å². The van der Waals surface area contributed by atoms with Crippen LogP contribution in [0.2, 0.25) is 0 Å². The summed E-state index contributed by atoms with van der Waals surface area (Å²) in [5.41, 5.74) is 1.22. The topological polar surface area (TPSA) is 13.1 Å². The van der Waals surface area contributed by atoms with Crippen LogP contribution in [0.25, 0.3) is 0 Å². The number of hydrogen-bond donors (Lipinski definition) is 0. The molecule has 2 rings (SSSR count). The van der Waals surface area contributed by atoms with E-state index in [1.807, 2.05) is 12.1 Å². The van der Waals surface area contributed by atoms with Crippen LogP contribution in [0.15, 0.2) is 29.4 Å². The molecule has 0 saturated carbocycles. The molecule has 39 valence electrons. The van der Waals surface area contributed by atoms with E-state index in [9.17, 15) is 0 Å². The molecule has 0 unspecified atom stereocenters. The Hall–Kier alpha value is -0.980. The maximum absolute atomic E-state index is 5.02. The Morgan fingerprint density at radius 2 is 2.50 bits per heavy atom. The van der Waals surface area contributed by atoms with E-state index in [4.69, 9.17) is 4.42 Å². The molecule has 1 heterocycles. The standard InChI is InChI=1S/C7H5O/c1-2-5-6-3-4-8-7(5)6/h2-4H,1H2. The normalized spacial score (nSPS) is 15.5. The molecule has 1 aromatic rings. The van der Waals surface area contributed by atoms with Gasteiger partial charge in [-0.2, -0.15) is 0 Å². The maximum atomic E-state index is 5.02. The lowest BCUT2D eigenvalue weighted by Crippen LogP contribution is -1.62. The summed E-state index contributed by atoms with van der Waals surface area (Å²) in [6.45, 7) is 3.61. The average molecular weight is 105 g/mol.